The van der Waals surface area contributed by atoms with Crippen molar-refractivity contribution in [1.29, 1.82) is 0 Å². The summed E-state index contributed by atoms with van der Waals surface area (Å²) in [5, 5.41) is 9.04. The van der Waals surface area contributed by atoms with E-state index in [2.05, 4.69) is 38.4 Å². The van der Waals surface area contributed by atoms with Crippen LogP contribution in [0.1, 0.15) is 20.3 Å². The molecule has 0 saturated carbocycles. The van der Waals surface area contributed by atoms with Gasteiger partial charge in [-0.15, -0.1) is 0 Å². The second-order valence-corrected chi connectivity index (χ2v) is 10.3. The lowest BCUT2D eigenvalue weighted by molar-refractivity contribution is -0.464. The highest BCUT2D eigenvalue weighted by Crippen LogP contribution is 2.28. The van der Waals surface area contributed by atoms with Crippen molar-refractivity contribution in [1.82, 2.24) is 14.9 Å². The molecule has 188 valence electrons. The second-order valence-electron chi connectivity index (χ2n) is 9.92. The third-order valence-corrected chi connectivity index (χ3v) is 7.76. The maximum absolute atomic E-state index is 12.1. The first kappa shape index (κ1) is 23.3. The number of nitrogens with zero attached hydrogens (tertiary/aromatic N) is 6. The van der Waals surface area contributed by atoms with Gasteiger partial charge < -0.3 is 14.8 Å². The second kappa shape index (κ2) is 9.42. The van der Waals surface area contributed by atoms with Gasteiger partial charge in [0, 0.05) is 34.8 Å². The van der Waals surface area contributed by atoms with E-state index in [0.717, 1.165) is 43.8 Å². The molecule has 1 amide bonds. The summed E-state index contributed by atoms with van der Waals surface area (Å²) < 4.78 is 12.3. The number of ether oxygens (including phenoxy) is 2. The van der Waals surface area contributed by atoms with Crippen molar-refractivity contribution in [2.24, 2.45) is 16.9 Å². The molecule has 4 aliphatic heterocycles. The van der Waals surface area contributed by atoms with Crippen molar-refractivity contribution >= 4 is 52.7 Å². The van der Waals surface area contributed by atoms with Gasteiger partial charge in [-0.1, -0.05) is 6.92 Å². The minimum atomic E-state index is -0.346. The predicted octanol–water partition coefficient (Wildman–Crippen LogP) is 3.23. The van der Waals surface area contributed by atoms with Gasteiger partial charge in [-0.2, -0.15) is 0 Å². The van der Waals surface area contributed by atoms with E-state index in [0.29, 0.717) is 46.8 Å². The number of fused-ring (bicyclic) bond motifs is 1. The Kier molecular flexibility index (Phi) is 6.10. The van der Waals surface area contributed by atoms with Crippen LogP contribution in [0.3, 0.4) is 0 Å². The van der Waals surface area contributed by atoms with Gasteiger partial charge in [0.15, 0.2) is 11.9 Å². The molecule has 0 radical (unpaired) electrons. The van der Waals surface area contributed by atoms with Gasteiger partial charge in [-0.3, -0.25) is 9.80 Å². The van der Waals surface area contributed by atoms with Crippen LogP contribution in [0.25, 0.3) is 10.9 Å². The number of nitrogens with one attached hydrogen (secondary N) is 1. The highest BCUT2D eigenvalue weighted by atomic mass is 35.5. The van der Waals surface area contributed by atoms with Crippen LogP contribution in [0.4, 0.5) is 16.4 Å². The van der Waals surface area contributed by atoms with Gasteiger partial charge in [0.25, 0.3) is 0 Å². The normalized spacial score (nSPS) is 28.3. The largest absolute Gasteiger partial charge is 0.447 e. The molecular formula is C25H29ClN7O3+. The zero-order chi connectivity index (χ0) is 24.8. The van der Waals surface area contributed by atoms with Crippen LogP contribution in [0.5, 0.6) is 0 Å². The summed E-state index contributed by atoms with van der Waals surface area (Å²) in [6.07, 6.45) is 6.28. The molecule has 1 aromatic heterocycles. The number of aromatic nitrogens is 2. The average molecular weight is 511 g/mol. The number of hydrogen-bond acceptors (Lipinski definition) is 8. The van der Waals surface area contributed by atoms with Crippen molar-refractivity contribution in [3.8, 4) is 0 Å². The van der Waals surface area contributed by atoms with E-state index in [-0.39, 0.29) is 12.1 Å². The summed E-state index contributed by atoms with van der Waals surface area (Å²) >= 11 is 6.68. The predicted molar refractivity (Wildman–Crippen MR) is 138 cm³/mol. The molecule has 0 aliphatic carbocycles. The molecule has 3 fully saturated rings. The third-order valence-electron chi connectivity index (χ3n) is 7.38. The van der Waals surface area contributed by atoms with Gasteiger partial charge >= 0.3 is 11.2 Å². The lowest BCUT2D eigenvalue weighted by Crippen LogP contribution is -2.54. The minimum absolute atomic E-state index is 0.0301. The quantitative estimate of drug-likeness (QED) is 0.487. The van der Waals surface area contributed by atoms with Gasteiger partial charge in [0.1, 0.15) is 12.8 Å². The van der Waals surface area contributed by atoms with Crippen molar-refractivity contribution in [2.45, 2.75) is 32.4 Å². The molecule has 5 heterocycles. The number of amides is 1. The number of benzene rings is 1. The van der Waals surface area contributed by atoms with Gasteiger partial charge in [-0.05, 0) is 60.3 Å². The Labute approximate surface area is 214 Å². The molecule has 0 spiro atoms. The van der Waals surface area contributed by atoms with Gasteiger partial charge in [-0.25, -0.2) is 14.8 Å². The third kappa shape index (κ3) is 4.33. The van der Waals surface area contributed by atoms with E-state index in [1.807, 2.05) is 25.1 Å². The number of piperidine rings is 1. The Balaban J connectivity index is 1.18. The lowest BCUT2D eigenvalue weighted by atomic mass is 9.87. The number of anilines is 2. The first-order valence-corrected chi connectivity index (χ1v) is 12.7. The molecule has 36 heavy (non-hydrogen) atoms. The summed E-state index contributed by atoms with van der Waals surface area (Å²) in [5.74, 6) is 1.30. The monoisotopic (exact) mass is 510 g/mol. The van der Waals surface area contributed by atoms with Gasteiger partial charge in [0.2, 0.25) is 5.95 Å². The van der Waals surface area contributed by atoms with E-state index < -0.39 is 0 Å². The van der Waals surface area contributed by atoms with Crippen LogP contribution >= 0.6 is 11.6 Å². The average Bonchev–Trinajstić information content (AvgIpc) is 3.35. The number of likely N-dealkylation sites (tertiary alicyclic amines) is 1. The first-order chi connectivity index (χ1) is 17.5. The maximum atomic E-state index is 12.1. The summed E-state index contributed by atoms with van der Waals surface area (Å²) in [5.41, 5.74) is 2.09. The smallest absolute Gasteiger partial charge is 0.414 e. The minimum Gasteiger partial charge on any atom is -0.447 e. The van der Waals surface area contributed by atoms with Crippen LogP contribution < -0.4 is 10.2 Å². The molecule has 3 saturated heterocycles. The molecule has 6 rings (SSSR count). The van der Waals surface area contributed by atoms with Crippen LogP contribution in [-0.2, 0) is 9.47 Å². The summed E-state index contributed by atoms with van der Waals surface area (Å²) in [6, 6.07) is 6.19. The highest BCUT2D eigenvalue weighted by molar-refractivity contribution is 6.30. The SMILES string of the molecule is C[C@@H]1CN(C2COC2)CCC1/C=[N+]1\N=CC(Nc2ncc3ccc(N4C(=O)OC[C@@H]4C)cc3n2)=C1Cl. The number of rotatable bonds is 5. The van der Waals surface area contributed by atoms with E-state index in [1.54, 1.807) is 22.0 Å². The van der Waals surface area contributed by atoms with Crippen LogP contribution in [0.15, 0.2) is 40.4 Å². The Morgan fingerprint density at radius 2 is 2.11 bits per heavy atom. The molecule has 1 unspecified atom stereocenters. The van der Waals surface area contributed by atoms with Crippen molar-refractivity contribution < 1.29 is 19.0 Å². The van der Waals surface area contributed by atoms with Crippen LogP contribution in [0, 0.1) is 11.8 Å². The maximum Gasteiger partial charge on any atom is 0.414 e. The molecule has 4 aliphatic rings. The zero-order valence-corrected chi connectivity index (χ0v) is 21.1. The number of halogens is 1. The number of carbonyl (C=O) groups excluding carboxylic acids is 1. The fraction of sp³-hybridized carbons (Fsp3) is 0.480. The van der Waals surface area contributed by atoms with E-state index in [1.165, 1.54) is 0 Å². The number of hydrazone groups is 1. The van der Waals surface area contributed by atoms with Crippen molar-refractivity contribution in [3.05, 3.63) is 35.2 Å². The summed E-state index contributed by atoms with van der Waals surface area (Å²) in [4.78, 5) is 25.4. The molecular weight excluding hydrogens is 482 g/mol. The van der Waals surface area contributed by atoms with Crippen molar-refractivity contribution in [3.63, 3.8) is 0 Å². The Morgan fingerprint density at radius 3 is 2.83 bits per heavy atom. The molecule has 1 N–H and O–H groups in total. The van der Waals surface area contributed by atoms with Gasteiger partial charge in [0.05, 0.1) is 30.8 Å². The van der Waals surface area contributed by atoms with Crippen LogP contribution in [0.2, 0.25) is 0 Å². The number of allylic oxidation sites excluding steroid dienone is 1. The zero-order valence-electron chi connectivity index (χ0n) is 20.3. The number of hydrogen-bond donors (Lipinski definition) is 1. The first-order valence-electron chi connectivity index (χ1n) is 12.4. The Bertz CT molecular complexity index is 1290. The standard InChI is InChI=1S/C25H29ClN7O3/c1-15-10-31(20-13-35-14-20)6-5-18(15)11-32-23(26)22(9-28-32)30-24-27-8-17-3-4-19(7-21(17)29-24)33-16(2)12-36-25(33)34/h3-4,7-9,11,15-16,18,20H,5-6,10,12-14H2,1-2H3,(H,27,29,30)/q+1/b32-11-/t15-,16+,18?/m1/s1. The topological polar surface area (TPSA) is 95.2 Å². The van der Waals surface area contributed by atoms with E-state index in [4.69, 9.17) is 21.1 Å². The molecule has 3 atom stereocenters. The Morgan fingerprint density at radius 1 is 1.25 bits per heavy atom. The molecule has 1 aromatic carbocycles. The number of cyclic esters (lactones) is 1. The highest BCUT2D eigenvalue weighted by Gasteiger charge is 2.35. The fourth-order valence-corrected chi connectivity index (χ4v) is 5.31. The summed E-state index contributed by atoms with van der Waals surface area (Å²) in [6.45, 7) is 8.42. The molecule has 2 aromatic rings. The summed E-state index contributed by atoms with van der Waals surface area (Å²) in [7, 11) is 0. The molecule has 11 heteroatoms. The molecule has 10 nitrogen and oxygen atoms in total. The number of carbonyl (C=O) groups is 1. The lowest BCUT2D eigenvalue weighted by Gasteiger charge is -2.42. The van der Waals surface area contributed by atoms with E-state index >= 15 is 0 Å². The fourth-order valence-electron chi connectivity index (χ4n) is 5.12. The van der Waals surface area contributed by atoms with E-state index in [9.17, 15) is 4.79 Å². The Hall–Kier alpha value is -3.08. The molecule has 0 bridgehead atoms. The van der Waals surface area contributed by atoms with Crippen LogP contribution in [-0.4, -0.2) is 83.1 Å². The van der Waals surface area contributed by atoms with Crippen molar-refractivity contribution in [2.75, 3.05) is 43.1 Å².